The Morgan fingerprint density at radius 1 is 1.10 bits per heavy atom. The molecule has 5 heteroatoms. The van der Waals surface area contributed by atoms with Crippen molar-refractivity contribution in [2.75, 3.05) is 0 Å². The predicted molar refractivity (Wildman–Crippen MR) is 82.9 cm³/mol. The van der Waals surface area contributed by atoms with Gasteiger partial charge < -0.3 is 14.0 Å². The van der Waals surface area contributed by atoms with Gasteiger partial charge in [-0.1, -0.05) is 24.2 Å². The minimum absolute atomic E-state index is 0.324. The van der Waals surface area contributed by atoms with E-state index < -0.39 is 0 Å². The van der Waals surface area contributed by atoms with E-state index in [2.05, 4.69) is 0 Å². The zero-order chi connectivity index (χ0) is 15.7. The van der Waals surface area contributed by atoms with Gasteiger partial charge in [-0.25, -0.2) is 0 Å². The van der Waals surface area contributed by atoms with Gasteiger partial charge in [-0.15, -0.1) is 0 Å². The second-order valence-electron chi connectivity index (χ2n) is 6.15. The van der Waals surface area contributed by atoms with Crippen molar-refractivity contribution in [3.8, 4) is 5.75 Å². The molecule has 1 saturated heterocycles. The number of hydrogen-bond donors (Lipinski definition) is 0. The largest absolute Gasteiger partial charge is 0.487 e. The second-order valence-corrected chi connectivity index (χ2v) is 6.15. The molecule has 0 unspecified atom stereocenters. The number of hydrogen-bond acceptors (Lipinski definition) is 4. The van der Waals surface area contributed by atoms with E-state index >= 15 is 0 Å². The number of carbonyl (C=O) groups excluding carboxylic acids is 1. The standard InChI is InChI=1S/C16H21BO4/c1-12(18)19-14-8-6-13(7-9-14)10-11-17-20-15(2,3)16(4,5)21-17/h6-11H,1-5H3/b11-10+. The molecule has 4 nitrogen and oxygen atoms in total. The molecule has 2 rings (SSSR count). The van der Waals surface area contributed by atoms with Gasteiger partial charge in [-0.05, 0) is 45.4 Å². The molecule has 0 spiro atoms. The van der Waals surface area contributed by atoms with Gasteiger partial charge in [0.1, 0.15) is 5.75 Å². The van der Waals surface area contributed by atoms with E-state index in [9.17, 15) is 4.79 Å². The molecular formula is C16H21BO4. The average Bonchev–Trinajstić information content (AvgIpc) is 2.56. The van der Waals surface area contributed by atoms with Crippen molar-refractivity contribution in [3.05, 3.63) is 35.8 Å². The molecule has 112 valence electrons. The second kappa shape index (κ2) is 5.66. The van der Waals surface area contributed by atoms with Crippen molar-refractivity contribution in [3.63, 3.8) is 0 Å². The van der Waals surface area contributed by atoms with E-state index in [0.717, 1.165) is 5.56 Å². The number of rotatable bonds is 3. The van der Waals surface area contributed by atoms with E-state index in [4.69, 9.17) is 14.0 Å². The third-order valence-electron chi connectivity index (χ3n) is 3.86. The van der Waals surface area contributed by atoms with Gasteiger partial charge in [0.05, 0.1) is 11.2 Å². The summed E-state index contributed by atoms with van der Waals surface area (Å²) in [7, 11) is -0.358. The Bertz CT molecular complexity index is 530. The summed E-state index contributed by atoms with van der Waals surface area (Å²) < 4.78 is 16.8. The molecule has 1 aliphatic rings. The highest BCUT2D eigenvalue weighted by atomic mass is 16.7. The fourth-order valence-corrected chi connectivity index (χ4v) is 1.97. The van der Waals surface area contributed by atoms with Crippen molar-refractivity contribution in [1.29, 1.82) is 0 Å². The van der Waals surface area contributed by atoms with Crippen LogP contribution in [0.25, 0.3) is 6.08 Å². The molecule has 0 bridgehead atoms. The van der Waals surface area contributed by atoms with Gasteiger partial charge in [0.2, 0.25) is 0 Å². The van der Waals surface area contributed by atoms with E-state index in [-0.39, 0.29) is 24.3 Å². The van der Waals surface area contributed by atoms with Crippen molar-refractivity contribution in [2.24, 2.45) is 0 Å². The zero-order valence-electron chi connectivity index (χ0n) is 13.2. The van der Waals surface area contributed by atoms with Crippen molar-refractivity contribution >= 4 is 19.2 Å². The number of ether oxygens (including phenoxy) is 1. The number of benzene rings is 1. The van der Waals surface area contributed by atoms with Gasteiger partial charge in [-0.2, -0.15) is 0 Å². The van der Waals surface area contributed by atoms with Crippen LogP contribution in [0.1, 0.15) is 40.2 Å². The van der Waals surface area contributed by atoms with Crippen LogP contribution in [0.3, 0.4) is 0 Å². The van der Waals surface area contributed by atoms with E-state index in [1.807, 2.05) is 51.9 Å². The first-order valence-corrected chi connectivity index (χ1v) is 7.02. The molecule has 1 fully saturated rings. The Morgan fingerprint density at radius 3 is 2.10 bits per heavy atom. The average molecular weight is 288 g/mol. The summed E-state index contributed by atoms with van der Waals surface area (Å²) in [6.45, 7) is 9.47. The Kier molecular flexibility index (Phi) is 4.26. The molecule has 0 aliphatic carbocycles. The van der Waals surface area contributed by atoms with Crippen LogP contribution in [0, 0.1) is 0 Å². The van der Waals surface area contributed by atoms with E-state index in [1.54, 1.807) is 12.1 Å². The lowest BCUT2D eigenvalue weighted by Gasteiger charge is -2.32. The normalized spacial score (nSPS) is 20.0. The van der Waals surface area contributed by atoms with E-state index in [1.165, 1.54) is 6.92 Å². The summed E-state index contributed by atoms with van der Waals surface area (Å²) in [6.07, 6.45) is 1.93. The summed E-state index contributed by atoms with van der Waals surface area (Å²) in [5.41, 5.74) is 0.322. The maximum Gasteiger partial charge on any atom is 0.487 e. The third kappa shape index (κ3) is 3.74. The van der Waals surface area contributed by atoms with Crippen LogP contribution < -0.4 is 4.74 Å². The number of carbonyl (C=O) groups is 1. The quantitative estimate of drug-likeness (QED) is 0.486. The Hall–Kier alpha value is -1.59. The van der Waals surface area contributed by atoms with Crippen LogP contribution in [0.15, 0.2) is 30.2 Å². The number of esters is 1. The first kappa shape index (κ1) is 15.8. The van der Waals surface area contributed by atoms with Crippen LogP contribution in [-0.4, -0.2) is 24.3 Å². The molecule has 0 atom stereocenters. The minimum Gasteiger partial charge on any atom is -0.427 e. The highest BCUT2D eigenvalue weighted by Crippen LogP contribution is 2.37. The highest BCUT2D eigenvalue weighted by Gasteiger charge is 2.49. The van der Waals surface area contributed by atoms with E-state index in [0.29, 0.717) is 5.75 Å². The van der Waals surface area contributed by atoms with Gasteiger partial charge in [-0.3, -0.25) is 4.79 Å². The van der Waals surface area contributed by atoms with Crippen LogP contribution in [0.4, 0.5) is 0 Å². The molecule has 0 N–H and O–H groups in total. The van der Waals surface area contributed by atoms with Crippen molar-refractivity contribution in [2.45, 2.75) is 45.8 Å². The lowest BCUT2D eigenvalue weighted by atomic mass is 9.89. The summed E-state index contributed by atoms with van der Waals surface area (Å²) in [6, 6.07) is 7.26. The summed E-state index contributed by atoms with van der Waals surface area (Å²) in [5, 5.41) is 0. The van der Waals surface area contributed by atoms with Gasteiger partial charge in [0.15, 0.2) is 0 Å². The lowest BCUT2D eigenvalue weighted by molar-refractivity contribution is -0.131. The summed E-state index contributed by atoms with van der Waals surface area (Å²) in [4.78, 5) is 10.9. The molecule has 1 aromatic carbocycles. The molecule has 0 radical (unpaired) electrons. The lowest BCUT2D eigenvalue weighted by Crippen LogP contribution is -2.41. The molecule has 1 aliphatic heterocycles. The van der Waals surface area contributed by atoms with Crippen molar-refractivity contribution < 1.29 is 18.8 Å². The molecule has 0 amide bonds. The van der Waals surface area contributed by atoms with Crippen LogP contribution >= 0.6 is 0 Å². The van der Waals surface area contributed by atoms with Gasteiger partial charge in [0.25, 0.3) is 0 Å². The smallest absolute Gasteiger partial charge is 0.427 e. The molecule has 1 heterocycles. The molecular weight excluding hydrogens is 267 g/mol. The monoisotopic (exact) mass is 288 g/mol. The van der Waals surface area contributed by atoms with Crippen LogP contribution in [-0.2, 0) is 14.1 Å². The highest BCUT2D eigenvalue weighted by molar-refractivity contribution is 6.52. The molecule has 1 aromatic rings. The molecule has 0 saturated carbocycles. The first-order chi connectivity index (χ1) is 9.69. The summed E-state index contributed by atoms with van der Waals surface area (Å²) >= 11 is 0. The SMILES string of the molecule is CC(=O)Oc1ccc(/C=C/B2OC(C)(C)C(C)(C)O2)cc1. The fourth-order valence-electron chi connectivity index (χ4n) is 1.97. The van der Waals surface area contributed by atoms with Crippen molar-refractivity contribution in [1.82, 2.24) is 0 Å². The Balaban J connectivity index is 2.01. The van der Waals surface area contributed by atoms with Crippen LogP contribution in [0.2, 0.25) is 0 Å². The molecule has 0 aromatic heterocycles. The van der Waals surface area contributed by atoms with Gasteiger partial charge >= 0.3 is 13.1 Å². The minimum atomic E-state index is -0.358. The fraction of sp³-hybridized carbons (Fsp3) is 0.438. The summed E-state index contributed by atoms with van der Waals surface area (Å²) in [5.74, 6) is 2.10. The van der Waals surface area contributed by atoms with Crippen LogP contribution in [0.5, 0.6) is 5.75 Å². The third-order valence-corrected chi connectivity index (χ3v) is 3.86. The van der Waals surface area contributed by atoms with Gasteiger partial charge in [0, 0.05) is 6.92 Å². The maximum absolute atomic E-state index is 10.9. The Labute approximate surface area is 126 Å². The topological polar surface area (TPSA) is 44.8 Å². The molecule has 21 heavy (non-hydrogen) atoms. The first-order valence-electron chi connectivity index (χ1n) is 7.02. The maximum atomic E-state index is 10.9. The zero-order valence-corrected chi connectivity index (χ0v) is 13.2. The predicted octanol–water partition coefficient (Wildman–Crippen LogP) is 3.26. The Morgan fingerprint density at radius 2 is 1.62 bits per heavy atom.